The number of carbonyl (C=O) groups is 1. The van der Waals surface area contributed by atoms with Gasteiger partial charge < -0.3 is 20.3 Å². The average molecular weight is 362 g/mol. The van der Waals surface area contributed by atoms with Crippen LogP contribution in [-0.4, -0.2) is 57.1 Å². The summed E-state index contributed by atoms with van der Waals surface area (Å²) in [5.41, 5.74) is 5.05. The molecular formula is C18H30N6O2. The van der Waals surface area contributed by atoms with Crippen LogP contribution in [-0.2, 0) is 4.74 Å². The molecule has 8 heteroatoms. The van der Waals surface area contributed by atoms with Crippen molar-refractivity contribution < 1.29 is 9.53 Å². The molecule has 0 aliphatic carbocycles. The Kier molecular flexibility index (Phi) is 5.44. The summed E-state index contributed by atoms with van der Waals surface area (Å²) in [5, 5.41) is 7.57. The molecular weight excluding hydrogens is 332 g/mol. The lowest BCUT2D eigenvalue weighted by Crippen LogP contribution is -2.51. The Morgan fingerprint density at radius 1 is 1.42 bits per heavy atom. The van der Waals surface area contributed by atoms with Crippen LogP contribution < -0.4 is 10.6 Å². The first-order valence-corrected chi connectivity index (χ1v) is 8.85. The van der Waals surface area contributed by atoms with E-state index in [-0.39, 0.29) is 23.5 Å². The molecule has 0 saturated carbocycles. The Morgan fingerprint density at radius 2 is 2.08 bits per heavy atom. The highest BCUT2D eigenvalue weighted by Crippen LogP contribution is 2.28. The Labute approximate surface area is 155 Å². The molecule has 8 nitrogen and oxygen atoms in total. The summed E-state index contributed by atoms with van der Waals surface area (Å²) in [4.78, 5) is 25.3. The number of carbonyl (C=O) groups excluding carboxylic acids is 1. The van der Waals surface area contributed by atoms with Crippen LogP contribution in [0.3, 0.4) is 0 Å². The van der Waals surface area contributed by atoms with Crippen LogP contribution in [0.5, 0.6) is 0 Å². The summed E-state index contributed by atoms with van der Waals surface area (Å²) < 4.78 is 5.60. The van der Waals surface area contributed by atoms with E-state index in [9.17, 15) is 4.79 Å². The van der Waals surface area contributed by atoms with Crippen LogP contribution in [0.15, 0.2) is 12.3 Å². The van der Waals surface area contributed by atoms with E-state index in [0.717, 1.165) is 6.42 Å². The van der Waals surface area contributed by atoms with Gasteiger partial charge in [0, 0.05) is 30.9 Å². The fourth-order valence-electron chi connectivity index (χ4n) is 2.93. The fourth-order valence-corrected chi connectivity index (χ4v) is 2.93. The molecule has 1 aliphatic rings. The molecule has 0 radical (unpaired) electrons. The normalized spacial score (nSPS) is 20.5. The summed E-state index contributed by atoms with van der Waals surface area (Å²) in [6.45, 7) is 12.9. The van der Waals surface area contributed by atoms with E-state index in [1.807, 2.05) is 41.5 Å². The van der Waals surface area contributed by atoms with Gasteiger partial charge in [0.1, 0.15) is 17.1 Å². The molecule has 1 aromatic rings. The van der Waals surface area contributed by atoms with Crippen LogP contribution in [0, 0.1) is 5.41 Å². The molecule has 2 rings (SSSR count). The Morgan fingerprint density at radius 3 is 2.65 bits per heavy atom. The molecule has 26 heavy (non-hydrogen) atoms. The van der Waals surface area contributed by atoms with Gasteiger partial charge in [0.15, 0.2) is 0 Å². The summed E-state index contributed by atoms with van der Waals surface area (Å²) in [6.07, 6.45) is 2.03. The maximum Gasteiger partial charge on any atom is 0.410 e. The Balaban J connectivity index is 2.27. The number of aromatic nitrogens is 2. The molecule has 144 valence electrons. The third-order valence-electron chi connectivity index (χ3n) is 4.46. The number of nitrogens with one attached hydrogen (secondary N) is 1. The quantitative estimate of drug-likeness (QED) is 0.617. The van der Waals surface area contributed by atoms with Gasteiger partial charge in [-0.25, -0.2) is 14.8 Å². The first kappa shape index (κ1) is 19.9. The number of anilines is 1. The molecule has 1 aliphatic heterocycles. The minimum Gasteiger partial charge on any atom is -0.444 e. The number of rotatable bonds is 2. The standard InChI is InChI=1S/C18H30N6O2/c1-12-11-24(16(25)26-17(2,3)4)18(5,6)8-10-23(12)15-21-9-7-13(22-15)14(19)20/h7,9,12H,8,10-11H2,1-6H3,(H3,19,20)/t12-/m0/s1. The topological polar surface area (TPSA) is 108 Å². The van der Waals surface area contributed by atoms with Crippen LogP contribution >= 0.6 is 0 Å². The lowest BCUT2D eigenvalue weighted by atomic mass is 9.99. The molecule has 1 fully saturated rings. The van der Waals surface area contributed by atoms with Gasteiger partial charge in [0.05, 0.1) is 0 Å². The zero-order chi connectivity index (χ0) is 19.7. The van der Waals surface area contributed by atoms with Crippen molar-refractivity contribution in [3.8, 4) is 0 Å². The van der Waals surface area contributed by atoms with Crippen LogP contribution in [0.25, 0.3) is 0 Å². The largest absolute Gasteiger partial charge is 0.444 e. The number of nitrogens with two attached hydrogens (primary N) is 1. The van der Waals surface area contributed by atoms with Gasteiger partial charge in [0.2, 0.25) is 5.95 Å². The number of hydrogen-bond donors (Lipinski definition) is 2. The molecule has 1 saturated heterocycles. The van der Waals surface area contributed by atoms with Gasteiger partial charge in [-0.2, -0.15) is 0 Å². The molecule has 1 atom stereocenters. The number of amidine groups is 1. The van der Waals surface area contributed by atoms with Crippen molar-refractivity contribution in [2.75, 3.05) is 18.0 Å². The van der Waals surface area contributed by atoms with Crippen molar-refractivity contribution in [1.29, 1.82) is 5.41 Å². The zero-order valence-corrected chi connectivity index (χ0v) is 16.5. The minimum absolute atomic E-state index is 0.00787. The third-order valence-corrected chi connectivity index (χ3v) is 4.46. The third kappa shape index (κ3) is 4.62. The minimum atomic E-state index is -0.540. The second-order valence-corrected chi connectivity index (χ2v) is 8.35. The monoisotopic (exact) mass is 362 g/mol. The van der Waals surface area contributed by atoms with Crippen molar-refractivity contribution in [2.45, 2.75) is 65.1 Å². The Hall–Kier alpha value is -2.38. The van der Waals surface area contributed by atoms with Gasteiger partial charge in [-0.05, 0) is 54.0 Å². The van der Waals surface area contributed by atoms with Crippen molar-refractivity contribution >= 4 is 17.9 Å². The number of nitrogens with zero attached hydrogens (tertiary/aromatic N) is 4. The summed E-state index contributed by atoms with van der Waals surface area (Å²) in [7, 11) is 0. The molecule has 0 unspecified atom stereocenters. The van der Waals surface area contributed by atoms with Gasteiger partial charge in [-0.3, -0.25) is 5.41 Å². The maximum absolute atomic E-state index is 12.7. The number of hydrogen-bond acceptors (Lipinski definition) is 6. The van der Waals surface area contributed by atoms with E-state index in [4.69, 9.17) is 15.9 Å². The zero-order valence-electron chi connectivity index (χ0n) is 16.5. The van der Waals surface area contributed by atoms with Gasteiger partial charge in [-0.15, -0.1) is 0 Å². The first-order chi connectivity index (χ1) is 11.9. The van der Waals surface area contributed by atoms with E-state index < -0.39 is 5.60 Å². The highest BCUT2D eigenvalue weighted by Gasteiger charge is 2.39. The second-order valence-electron chi connectivity index (χ2n) is 8.35. The number of ether oxygens (including phenoxy) is 1. The highest BCUT2D eigenvalue weighted by atomic mass is 16.6. The first-order valence-electron chi connectivity index (χ1n) is 8.85. The molecule has 3 N–H and O–H groups in total. The summed E-state index contributed by atoms with van der Waals surface area (Å²) in [5.74, 6) is 0.430. The molecule has 0 spiro atoms. The molecule has 1 amide bonds. The molecule has 2 heterocycles. The molecule has 0 aromatic carbocycles. The average Bonchev–Trinajstić information content (AvgIpc) is 2.62. The smallest absolute Gasteiger partial charge is 0.410 e. The van der Waals surface area contributed by atoms with E-state index in [0.29, 0.717) is 24.7 Å². The predicted molar refractivity (Wildman–Crippen MR) is 101 cm³/mol. The lowest BCUT2D eigenvalue weighted by molar-refractivity contribution is 0.00353. The summed E-state index contributed by atoms with van der Waals surface area (Å²) in [6, 6.07) is 1.61. The van der Waals surface area contributed by atoms with Crippen molar-refractivity contribution in [2.24, 2.45) is 5.73 Å². The SMILES string of the molecule is C[C@H]1CN(C(=O)OC(C)(C)C)C(C)(C)CCN1c1nccc(C(=N)N)n1. The highest BCUT2D eigenvalue weighted by molar-refractivity contribution is 5.93. The van der Waals surface area contributed by atoms with E-state index >= 15 is 0 Å². The number of nitrogen functional groups attached to an aromatic ring is 1. The Bertz CT molecular complexity index is 683. The van der Waals surface area contributed by atoms with Crippen molar-refractivity contribution in [3.05, 3.63) is 18.0 Å². The van der Waals surface area contributed by atoms with Crippen LogP contribution in [0.4, 0.5) is 10.7 Å². The number of amides is 1. The fraction of sp³-hybridized carbons (Fsp3) is 0.667. The van der Waals surface area contributed by atoms with E-state index in [1.54, 1.807) is 17.2 Å². The van der Waals surface area contributed by atoms with Gasteiger partial charge >= 0.3 is 6.09 Å². The van der Waals surface area contributed by atoms with Crippen LogP contribution in [0.1, 0.15) is 53.7 Å². The van der Waals surface area contributed by atoms with E-state index in [1.165, 1.54) is 0 Å². The van der Waals surface area contributed by atoms with Crippen molar-refractivity contribution in [3.63, 3.8) is 0 Å². The maximum atomic E-state index is 12.7. The molecule has 1 aromatic heterocycles. The summed E-state index contributed by atoms with van der Waals surface area (Å²) >= 11 is 0. The van der Waals surface area contributed by atoms with E-state index in [2.05, 4.69) is 14.9 Å². The van der Waals surface area contributed by atoms with Crippen LogP contribution in [0.2, 0.25) is 0 Å². The lowest BCUT2D eigenvalue weighted by Gasteiger charge is -2.38. The molecule has 0 bridgehead atoms. The van der Waals surface area contributed by atoms with Gasteiger partial charge in [-0.1, -0.05) is 0 Å². The van der Waals surface area contributed by atoms with Crippen molar-refractivity contribution in [1.82, 2.24) is 14.9 Å². The van der Waals surface area contributed by atoms with Gasteiger partial charge in [0.25, 0.3) is 0 Å². The second kappa shape index (κ2) is 7.09. The predicted octanol–water partition coefficient (Wildman–Crippen LogP) is 2.37.